The number of Topliss-reactive ketones (excluding diaryl/α,β-unsaturated/α-hetero) is 2. The van der Waals surface area contributed by atoms with Crippen LogP contribution in [0.2, 0.25) is 0 Å². The predicted octanol–water partition coefficient (Wildman–Crippen LogP) is 6.76. The zero-order chi connectivity index (χ0) is 21.0. The first-order valence-corrected chi connectivity index (χ1v) is 10.6. The van der Waals surface area contributed by atoms with Gasteiger partial charge in [0.05, 0.1) is 11.1 Å². The van der Waals surface area contributed by atoms with E-state index < -0.39 is 8.24 Å². The molecule has 1 heterocycles. The lowest BCUT2D eigenvalue weighted by Crippen LogP contribution is -1.96. The molecule has 0 saturated heterocycles. The molecule has 0 aliphatic rings. The van der Waals surface area contributed by atoms with Crippen molar-refractivity contribution >= 4 is 63.3 Å². The molecule has 0 aliphatic heterocycles. The van der Waals surface area contributed by atoms with Gasteiger partial charge in [0.1, 0.15) is 0 Å². The van der Waals surface area contributed by atoms with Crippen molar-refractivity contribution < 1.29 is 22.9 Å². The molecule has 4 aromatic carbocycles. The Hall–Kier alpha value is -3.40. The van der Waals surface area contributed by atoms with Gasteiger partial charge in [-0.1, -0.05) is 48.5 Å². The third-order valence-electron chi connectivity index (χ3n) is 5.35. The van der Waals surface area contributed by atoms with E-state index in [9.17, 15) is 14.5 Å². The van der Waals surface area contributed by atoms with Gasteiger partial charge in [-0.25, -0.2) is 0 Å². The molecular weight excluding hydrogens is 399 g/mol. The summed E-state index contributed by atoms with van der Waals surface area (Å²) in [5, 5.41) is 4.70. The first-order chi connectivity index (χ1) is 14.5. The molecule has 0 amide bonds. The maximum atomic E-state index is 12.5. The summed E-state index contributed by atoms with van der Waals surface area (Å²) < 4.78 is 11.6. The van der Waals surface area contributed by atoms with Crippen LogP contribution in [0.25, 0.3) is 43.5 Å². The minimum Gasteiger partial charge on any atom is -0.398 e. The van der Waals surface area contributed by atoms with Crippen LogP contribution in [0.1, 0.15) is 34.6 Å². The Balaban J connectivity index is 2.27. The fraction of sp³-hybridized carbons (Fsp3) is 0.0833. The van der Waals surface area contributed by atoms with Gasteiger partial charge < -0.3 is 8.39 Å². The lowest BCUT2D eigenvalue weighted by Gasteiger charge is -2.09. The van der Waals surface area contributed by atoms with E-state index in [2.05, 4.69) is 0 Å². The summed E-state index contributed by atoms with van der Waals surface area (Å²) in [7, 11) is -2.39. The van der Waals surface area contributed by atoms with E-state index in [1.165, 1.54) is 13.8 Å². The molecule has 5 rings (SSSR count). The average Bonchev–Trinajstić information content (AvgIpc) is 2.88. The second-order valence-electron chi connectivity index (χ2n) is 7.23. The van der Waals surface area contributed by atoms with Crippen LogP contribution < -0.4 is 0 Å². The minimum absolute atomic E-state index is 0.184. The van der Waals surface area contributed by atoms with Gasteiger partial charge in [0, 0.05) is 10.8 Å². The number of carbonyl (C=O) groups excluding carboxylic acids is 2. The maximum Gasteiger partial charge on any atom is 0.384 e. The Morgan fingerprint density at radius 3 is 1.53 bits per heavy atom. The van der Waals surface area contributed by atoms with Gasteiger partial charge in [-0.3, -0.25) is 14.5 Å². The molecule has 0 bridgehead atoms. The number of ketones is 2. The summed E-state index contributed by atoms with van der Waals surface area (Å²) in [6, 6.07) is 18.9. The Kier molecular flexibility index (Phi) is 4.24. The van der Waals surface area contributed by atoms with Crippen LogP contribution in [0, 0.1) is 0 Å². The lowest BCUT2D eigenvalue weighted by atomic mass is 9.93. The average molecular weight is 416 g/mol. The van der Waals surface area contributed by atoms with Crippen LogP contribution >= 0.6 is 8.24 Å². The van der Waals surface area contributed by atoms with Crippen LogP contribution in [0.5, 0.6) is 0 Å². The molecule has 0 aliphatic carbocycles. The highest BCUT2D eigenvalue weighted by molar-refractivity contribution is 7.30. The van der Waals surface area contributed by atoms with Crippen LogP contribution in [-0.4, -0.2) is 16.5 Å². The molecule has 6 heteroatoms. The van der Waals surface area contributed by atoms with E-state index in [1.807, 2.05) is 48.5 Å². The van der Waals surface area contributed by atoms with Gasteiger partial charge in [-0.05, 0) is 47.5 Å². The Bertz CT molecular complexity index is 1450. The molecule has 1 aromatic heterocycles. The van der Waals surface area contributed by atoms with Crippen molar-refractivity contribution in [2.75, 3.05) is 0 Å². The second-order valence-corrected chi connectivity index (χ2v) is 8.07. The van der Waals surface area contributed by atoms with Gasteiger partial charge in [0.25, 0.3) is 0 Å². The summed E-state index contributed by atoms with van der Waals surface area (Å²) in [6.07, 6.45) is 0. The zero-order valence-corrected chi connectivity index (χ0v) is 17.2. The van der Waals surface area contributed by atoms with Crippen LogP contribution in [0.15, 0.2) is 69.1 Å². The molecule has 0 atom stereocenters. The minimum atomic E-state index is -2.39. The van der Waals surface area contributed by atoms with Crippen LogP contribution in [-0.2, 0) is 0 Å². The third kappa shape index (κ3) is 2.75. The lowest BCUT2D eigenvalue weighted by molar-refractivity contribution is 0.101. The van der Waals surface area contributed by atoms with Crippen molar-refractivity contribution in [1.29, 1.82) is 0 Å². The SMILES string of the molecule is CC(=O)c1cc2ccccc2c2c1op(O)oc1c(C(C)=O)cc3ccccc3c12. The maximum absolute atomic E-state index is 12.5. The second kappa shape index (κ2) is 6.84. The Morgan fingerprint density at radius 1 is 0.733 bits per heavy atom. The monoisotopic (exact) mass is 416 g/mol. The number of carbonyl (C=O) groups is 2. The molecule has 30 heavy (non-hydrogen) atoms. The van der Waals surface area contributed by atoms with E-state index in [-0.39, 0.29) is 22.7 Å². The molecule has 0 saturated carbocycles. The Morgan fingerprint density at radius 2 is 1.13 bits per heavy atom. The summed E-state index contributed by atoms with van der Waals surface area (Å²) in [6.45, 7) is 2.92. The van der Waals surface area contributed by atoms with Crippen molar-refractivity contribution in [2.24, 2.45) is 0 Å². The normalized spacial score (nSPS) is 11.4. The summed E-state index contributed by atoms with van der Waals surface area (Å²) in [5.74, 6) is -0.369. The first-order valence-electron chi connectivity index (χ1n) is 9.44. The third-order valence-corrected chi connectivity index (χ3v) is 6.03. The van der Waals surface area contributed by atoms with E-state index in [0.29, 0.717) is 21.9 Å². The van der Waals surface area contributed by atoms with E-state index >= 15 is 0 Å². The van der Waals surface area contributed by atoms with Gasteiger partial charge in [-0.15, -0.1) is 0 Å². The number of rotatable bonds is 2. The van der Waals surface area contributed by atoms with Crippen molar-refractivity contribution in [3.05, 3.63) is 71.8 Å². The van der Waals surface area contributed by atoms with E-state index in [0.717, 1.165) is 21.5 Å². The molecule has 5 nitrogen and oxygen atoms in total. The zero-order valence-electron chi connectivity index (χ0n) is 16.3. The highest BCUT2D eigenvalue weighted by Crippen LogP contribution is 2.42. The molecule has 0 spiro atoms. The highest BCUT2D eigenvalue weighted by Gasteiger charge is 2.20. The molecule has 1 N–H and O–H groups in total. The quantitative estimate of drug-likeness (QED) is 0.322. The molecular formula is C24H17O5P. The molecule has 148 valence electrons. The summed E-state index contributed by atoms with van der Waals surface area (Å²) in [4.78, 5) is 35.5. The van der Waals surface area contributed by atoms with Gasteiger partial charge in [0.15, 0.2) is 22.7 Å². The van der Waals surface area contributed by atoms with Gasteiger partial charge in [-0.2, -0.15) is 0 Å². The van der Waals surface area contributed by atoms with Gasteiger partial charge in [0.2, 0.25) is 0 Å². The number of hydrogen-bond acceptors (Lipinski definition) is 5. The van der Waals surface area contributed by atoms with Crippen LogP contribution in [0.4, 0.5) is 0 Å². The standard InChI is InChI=1S/C24H17O5P/c1-13(25)19-11-15-7-3-5-9-17(15)21-22-18-10-6-4-8-16(18)12-20(14(2)26)24(22)29-30(27)28-23(19)21/h3-12,27H,1-2H3. The summed E-state index contributed by atoms with van der Waals surface area (Å²) in [5.41, 5.74) is 1.27. The topological polar surface area (TPSA) is 80.7 Å². The largest absolute Gasteiger partial charge is 0.398 e. The fourth-order valence-electron chi connectivity index (χ4n) is 4.04. The molecule has 5 aromatic rings. The molecule has 0 unspecified atom stereocenters. The van der Waals surface area contributed by atoms with E-state index in [4.69, 9.17) is 8.39 Å². The van der Waals surface area contributed by atoms with E-state index in [1.54, 1.807) is 12.1 Å². The Labute approximate surface area is 172 Å². The molecule has 0 radical (unpaired) electrons. The first kappa shape index (κ1) is 18.6. The van der Waals surface area contributed by atoms with Gasteiger partial charge >= 0.3 is 8.24 Å². The fourth-order valence-corrected chi connectivity index (χ4v) is 4.77. The van der Waals surface area contributed by atoms with Crippen molar-refractivity contribution in [3.8, 4) is 0 Å². The number of benzene rings is 4. The van der Waals surface area contributed by atoms with Crippen molar-refractivity contribution in [1.82, 2.24) is 0 Å². The predicted molar refractivity (Wildman–Crippen MR) is 119 cm³/mol. The molecule has 0 fully saturated rings. The van der Waals surface area contributed by atoms with Crippen molar-refractivity contribution in [3.63, 3.8) is 0 Å². The summed E-state index contributed by atoms with van der Waals surface area (Å²) >= 11 is 0. The van der Waals surface area contributed by atoms with Crippen LogP contribution in [0.3, 0.4) is 0 Å². The smallest absolute Gasteiger partial charge is 0.384 e. The van der Waals surface area contributed by atoms with Crippen molar-refractivity contribution in [2.45, 2.75) is 13.8 Å². The number of hydrogen-bond donors (Lipinski definition) is 1. The highest BCUT2D eigenvalue weighted by atomic mass is 31.1. The number of fused-ring (bicyclic) bond motifs is 7.